The zero-order chi connectivity index (χ0) is 18.5. The SMILES string of the molecule is Cc1noc(C)c1CCC(=O)NCC1CCN(Cc2cnn(C)c2)CC1. The van der Waals surface area contributed by atoms with Crippen LogP contribution < -0.4 is 5.32 Å². The van der Waals surface area contributed by atoms with E-state index in [2.05, 4.69) is 26.7 Å². The molecule has 3 rings (SSSR count). The van der Waals surface area contributed by atoms with Gasteiger partial charge in [0, 0.05) is 43.9 Å². The monoisotopic (exact) mass is 359 g/mol. The van der Waals surface area contributed by atoms with Crippen LogP contribution in [0.25, 0.3) is 0 Å². The number of hydrogen-bond acceptors (Lipinski definition) is 5. The Labute approximate surface area is 154 Å². The third-order valence-electron chi connectivity index (χ3n) is 5.24. The molecule has 0 saturated carbocycles. The molecule has 0 unspecified atom stereocenters. The van der Waals surface area contributed by atoms with E-state index in [0.717, 1.165) is 56.0 Å². The third-order valence-corrected chi connectivity index (χ3v) is 5.24. The first-order valence-corrected chi connectivity index (χ1v) is 9.39. The lowest BCUT2D eigenvalue weighted by Gasteiger charge is -2.31. The molecule has 7 nitrogen and oxygen atoms in total. The topological polar surface area (TPSA) is 76.2 Å². The maximum absolute atomic E-state index is 12.1. The van der Waals surface area contributed by atoms with Crippen molar-refractivity contribution in [3.8, 4) is 0 Å². The van der Waals surface area contributed by atoms with Crippen LogP contribution in [0, 0.1) is 19.8 Å². The molecule has 0 radical (unpaired) electrons. The van der Waals surface area contributed by atoms with Gasteiger partial charge in [-0.15, -0.1) is 0 Å². The summed E-state index contributed by atoms with van der Waals surface area (Å²) in [6.07, 6.45) is 7.45. The lowest BCUT2D eigenvalue weighted by atomic mass is 9.96. The van der Waals surface area contributed by atoms with E-state index in [1.165, 1.54) is 5.56 Å². The van der Waals surface area contributed by atoms with Crippen LogP contribution in [0.5, 0.6) is 0 Å². The molecule has 1 amide bonds. The second kappa shape index (κ2) is 8.49. The molecule has 1 fully saturated rings. The van der Waals surface area contributed by atoms with Crippen LogP contribution >= 0.6 is 0 Å². The van der Waals surface area contributed by atoms with Crippen LogP contribution in [0.15, 0.2) is 16.9 Å². The van der Waals surface area contributed by atoms with Crippen LogP contribution in [0.3, 0.4) is 0 Å². The Morgan fingerprint density at radius 2 is 2.12 bits per heavy atom. The Kier molecular flexibility index (Phi) is 6.08. The minimum atomic E-state index is 0.114. The van der Waals surface area contributed by atoms with Gasteiger partial charge in [0.2, 0.25) is 5.91 Å². The maximum atomic E-state index is 12.1. The van der Waals surface area contributed by atoms with Crippen molar-refractivity contribution < 1.29 is 9.32 Å². The quantitative estimate of drug-likeness (QED) is 0.818. The van der Waals surface area contributed by atoms with Crippen molar-refractivity contribution in [1.29, 1.82) is 0 Å². The van der Waals surface area contributed by atoms with Gasteiger partial charge in [0.15, 0.2) is 0 Å². The standard InChI is InChI=1S/C19H29N5O2/c1-14-18(15(2)26-22-14)4-5-19(25)20-10-16-6-8-24(9-7-16)13-17-11-21-23(3)12-17/h11-12,16H,4-10,13H2,1-3H3,(H,20,25). The predicted molar refractivity (Wildman–Crippen MR) is 98.5 cm³/mol. The lowest BCUT2D eigenvalue weighted by molar-refractivity contribution is -0.121. The number of nitrogens with zero attached hydrogens (tertiary/aromatic N) is 4. The van der Waals surface area contributed by atoms with Crippen LogP contribution in [0.2, 0.25) is 0 Å². The number of piperidine rings is 1. The normalized spacial score (nSPS) is 16.1. The zero-order valence-corrected chi connectivity index (χ0v) is 16.0. The van der Waals surface area contributed by atoms with Gasteiger partial charge < -0.3 is 9.84 Å². The summed E-state index contributed by atoms with van der Waals surface area (Å²) >= 11 is 0. The fourth-order valence-corrected chi connectivity index (χ4v) is 3.60. The highest BCUT2D eigenvalue weighted by molar-refractivity contribution is 5.76. The Morgan fingerprint density at radius 1 is 1.35 bits per heavy atom. The highest BCUT2D eigenvalue weighted by atomic mass is 16.5. The Bertz CT molecular complexity index is 709. The second-order valence-electron chi connectivity index (χ2n) is 7.35. The number of rotatable bonds is 7. The molecule has 142 valence electrons. The largest absolute Gasteiger partial charge is 0.361 e. The van der Waals surface area contributed by atoms with Gasteiger partial charge >= 0.3 is 0 Å². The van der Waals surface area contributed by atoms with Gasteiger partial charge in [0.25, 0.3) is 0 Å². The first-order chi connectivity index (χ1) is 12.5. The Balaban J connectivity index is 1.33. The van der Waals surface area contributed by atoms with E-state index in [1.807, 2.05) is 31.8 Å². The average molecular weight is 359 g/mol. The summed E-state index contributed by atoms with van der Waals surface area (Å²) in [6, 6.07) is 0. The van der Waals surface area contributed by atoms with Crippen molar-refractivity contribution in [3.05, 3.63) is 35.0 Å². The van der Waals surface area contributed by atoms with E-state index < -0.39 is 0 Å². The molecule has 0 atom stereocenters. The molecule has 0 aliphatic carbocycles. The number of carbonyl (C=O) groups excluding carboxylic acids is 1. The van der Waals surface area contributed by atoms with Gasteiger partial charge in [-0.2, -0.15) is 5.10 Å². The van der Waals surface area contributed by atoms with Gasteiger partial charge in [0.05, 0.1) is 11.9 Å². The molecule has 0 aromatic carbocycles. The molecule has 1 aliphatic heterocycles. The number of nitrogens with one attached hydrogen (secondary N) is 1. The van der Waals surface area contributed by atoms with Gasteiger partial charge in [-0.3, -0.25) is 14.4 Å². The first kappa shape index (κ1) is 18.6. The number of aryl methyl sites for hydroxylation is 3. The molecule has 0 bridgehead atoms. The molecule has 2 aromatic heterocycles. The maximum Gasteiger partial charge on any atom is 0.220 e. The van der Waals surface area contributed by atoms with Crippen LogP contribution in [0.4, 0.5) is 0 Å². The number of likely N-dealkylation sites (tertiary alicyclic amines) is 1. The number of carbonyl (C=O) groups is 1. The Hall–Kier alpha value is -2.15. The van der Waals surface area contributed by atoms with E-state index in [-0.39, 0.29) is 5.91 Å². The van der Waals surface area contributed by atoms with Crippen molar-refractivity contribution >= 4 is 5.91 Å². The summed E-state index contributed by atoms with van der Waals surface area (Å²) in [6.45, 7) is 7.71. The molecule has 0 spiro atoms. The summed E-state index contributed by atoms with van der Waals surface area (Å²) < 4.78 is 6.99. The molecule has 26 heavy (non-hydrogen) atoms. The van der Waals surface area contributed by atoms with Crippen LogP contribution in [-0.2, 0) is 24.8 Å². The van der Waals surface area contributed by atoms with Crippen molar-refractivity contribution in [2.24, 2.45) is 13.0 Å². The van der Waals surface area contributed by atoms with E-state index >= 15 is 0 Å². The molecule has 1 aliphatic rings. The molecular weight excluding hydrogens is 330 g/mol. The summed E-state index contributed by atoms with van der Waals surface area (Å²) in [4.78, 5) is 14.6. The summed E-state index contributed by atoms with van der Waals surface area (Å²) in [7, 11) is 1.95. The number of aromatic nitrogens is 3. The Morgan fingerprint density at radius 3 is 2.73 bits per heavy atom. The smallest absolute Gasteiger partial charge is 0.220 e. The highest BCUT2D eigenvalue weighted by Gasteiger charge is 2.20. The predicted octanol–water partition coefficient (Wildman–Crippen LogP) is 1.99. The van der Waals surface area contributed by atoms with Gasteiger partial charge in [-0.25, -0.2) is 0 Å². The van der Waals surface area contributed by atoms with Crippen molar-refractivity contribution in [3.63, 3.8) is 0 Å². The van der Waals surface area contributed by atoms with Crippen LogP contribution in [0.1, 0.15) is 41.8 Å². The third kappa shape index (κ3) is 4.94. The van der Waals surface area contributed by atoms with Gasteiger partial charge in [-0.1, -0.05) is 5.16 Å². The molecular formula is C19H29N5O2. The van der Waals surface area contributed by atoms with Gasteiger partial charge in [0.1, 0.15) is 5.76 Å². The van der Waals surface area contributed by atoms with Crippen LogP contribution in [-0.4, -0.2) is 45.4 Å². The van der Waals surface area contributed by atoms with E-state index in [0.29, 0.717) is 18.8 Å². The van der Waals surface area contributed by atoms with Crippen molar-refractivity contribution in [2.75, 3.05) is 19.6 Å². The van der Waals surface area contributed by atoms with Gasteiger partial charge in [-0.05, 0) is 52.1 Å². The summed E-state index contributed by atoms with van der Waals surface area (Å²) in [5, 5.41) is 11.3. The van der Waals surface area contributed by atoms with Crippen molar-refractivity contribution in [1.82, 2.24) is 25.2 Å². The molecule has 1 N–H and O–H groups in total. The highest BCUT2D eigenvalue weighted by Crippen LogP contribution is 2.18. The van der Waals surface area contributed by atoms with E-state index in [4.69, 9.17) is 4.52 Å². The van der Waals surface area contributed by atoms with E-state index in [1.54, 1.807) is 0 Å². The zero-order valence-electron chi connectivity index (χ0n) is 16.0. The molecule has 7 heteroatoms. The average Bonchev–Trinajstić information content (AvgIpc) is 3.18. The lowest BCUT2D eigenvalue weighted by Crippen LogP contribution is -2.38. The minimum Gasteiger partial charge on any atom is -0.361 e. The fourth-order valence-electron chi connectivity index (χ4n) is 3.60. The second-order valence-corrected chi connectivity index (χ2v) is 7.35. The molecule has 3 heterocycles. The number of hydrogen-bond donors (Lipinski definition) is 1. The van der Waals surface area contributed by atoms with E-state index in [9.17, 15) is 4.79 Å². The molecule has 1 saturated heterocycles. The number of amides is 1. The van der Waals surface area contributed by atoms with Crippen molar-refractivity contribution in [2.45, 2.75) is 46.1 Å². The fraction of sp³-hybridized carbons (Fsp3) is 0.632. The summed E-state index contributed by atoms with van der Waals surface area (Å²) in [5.74, 6) is 1.50. The first-order valence-electron chi connectivity index (χ1n) is 9.39. The molecule has 2 aromatic rings. The minimum absolute atomic E-state index is 0.114. The summed E-state index contributed by atoms with van der Waals surface area (Å²) in [5.41, 5.74) is 3.21.